The van der Waals surface area contributed by atoms with Gasteiger partial charge in [-0.25, -0.2) is 4.98 Å². The lowest BCUT2D eigenvalue weighted by molar-refractivity contribution is -0.122. The van der Waals surface area contributed by atoms with Gasteiger partial charge >= 0.3 is 0 Å². The quantitative estimate of drug-likeness (QED) is 0.733. The summed E-state index contributed by atoms with van der Waals surface area (Å²) < 4.78 is 0. The van der Waals surface area contributed by atoms with Gasteiger partial charge in [0.1, 0.15) is 5.82 Å². The normalized spacial score (nSPS) is 11.0. The molecule has 1 amide bonds. The van der Waals surface area contributed by atoms with Crippen molar-refractivity contribution in [2.45, 2.75) is 46.7 Å². The van der Waals surface area contributed by atoms with Crippen LogP contribution in [-0.4, -0.2) is 41.5 Å². The summed E-state index contributed by atoms with van der Waals surface area (Å²) in [6.45, 7) is 11.1. The Morgan fingerprint density at radius 2 is 2.14 bits per heavy atom. The first-order chi connectivity index (χ1) is 10.0. The van der Waals surface area contributed by atoms with E-state index >= 15 is 0 Å². The van der Waals surface area contributed by atoms with Gasteiger partial charge in [0.2, 0.25) is 5.91 Å². The van der Waals surface area contributed by atoms with E-state index in [9.17, 15) is 4.79 Å². The van der Waals surface area contributed by atoms with Crippen molar-refractivity contribution >= 4 is 11.7 Å². The third kappa shape index (κ3) is 7.09. The van der Waals surface area contributed by atoms with E-state index in [1.165, 1.54) is 5.56 Å². The third-order valence-corrected chi connectivity index (χ3v) is 3.05. The fraction of sp³-hybridized carbons (Fsp3) is 0.625. The molecule has 5 nitrogen and oxygen atoms in total. The minimum atomic E-state index is 0.0743. The predicted molar refractivity (Wildman–Crippen MR) is 87.2 cm³/mol. The smallest absolute Gasteiger partial charge is 0.234 e. The number of likely N-dealkylation sites (N-methyl/N-ethyl adjacent to an activating group) is 1. The van der Waals surface area contributed by atoms with Crippen molar-refractivity contribution in [1.29, 1.82) is 0 Å². The van der Waals surface area contributed by atoms with E-state index in [1.807, 2.05) is 26.1 Å². The Labute approximate surface area is 128 Å². The minimum Gasteiger partial charge on any atom is -0.370 e. The van der Waals surface area contributed by atoms with E-state index in [0.717, 1.165) is 31.9 Å². The van der Waals surface area contributed by atoms with Crippen LogP contribution in [0.15, 0.2) is 18.3 Å². The molecule has 118 valence electrons. The maximum Gasteiger partial charge on any atom is 0.234 e. The third-order valence-electron chi connectivity index (χ3n) is 3.05. The molecule has 1 aromatic heterocycles. The molecule has 0 saturated carbocycles. The molecule has 1 aromatic rings. The van der Waals surface area contributed by atoms with Gasteiger partial charge in [-0.3, -0.25) is 9.69 Å². The molecule has 0 aliphatic carbocycles. The molecule has 0 fully saturated rings. The van der Waals surface area contributed by atoms with Gasteiger partial charge in [-0.2, -0.15) is 0 Å². The lowest BCUT2D eigenvalue weighted by atomic mass is 10.2. The largest absolute Gasteiger partial charge is 0.370 e. The fourth-order valence-corrected chi connectivity index (χ4v) is 2.03. The minimum absolute atomic E-state index is 0.0743. The highest BCUT2D eigenvalue weighted by Gasteiger charge is 2.10. The summed E-state index contributed by atoms with van der Waals surface area (Å²) in [5.41, 5.74) is 1.17. The monoisotopic (exact) mass is 292 g/mol. The van der Waals surface area contributed by atoms with Gasteiger partial charge in [0.05, 0.1) is 6.54 Å². The Kier molecular flexibility index (Phi) is 7.75. The van der Waals surface area contributed by atoms with Gasteiger partial charge in [-0.15, -0.1) is 0 Å². The molecular weight excluding hydrogens is 264 g/mol. The van der Waals surface area contributed by atoms with Crippen LogP contribution < -0.4 is 10.6 Å². The summed E-state index contributed by atoms with van der Waals surface area (Å²) in [7, 11) is 0. The molecule has 5 heteroatoms. The molecule has 1 heterocycles. The number of pyridine rings is 1. The number of nitrogens with one attached hydrogen (secondary N) is 2. The number of hydrogen-bond acceptors (Lipinski definition) is 4. The molecule has 0 aliphatic rings. The van der Waals surface area contributed by atoms with Crippen LogP contribution in [0.4, 0.5) is 5.82 Å². The SMILES string of the molecule is CCCNc1cc(CN(CC)CC(=O)NC(C)C)ccn1. The molecule has 0 aliphatic heterocycles. The highest BCUT2D eigenvalue weighted by atomic mass is 16.2. The highest BCUT2D eigenvalue weighted by molar-refractivity contribution is 5.78. The Hall–Kier alpha value is -1.62. The number of carbonyl (C=O) groups is 1. The lowest BCUT2D eigenvalue weighted by Crippen LogP contribution is -2.39. The number of aromatic nitrogens is 1. The Morgan fingerprint density at radius 1 is 1.38 bits per heavy atom. The molecule has 0 unspecified atom stereocenters. The second kappa shape index (κ2) is 9.34. The topological polar surface area (TPSA) is 57.3 Å². The first kappa shape index (κ1) is 17.4. The summed E-state index contributed by atoms with van der Waals surface area (Å²) in [6.07, 6.45) is 2.89. The van der Waals surface area contributed by atoms with Crippen molar-refractivity contribution < 1.29 is 4.79 Å². The predicted octanol–water partition coefficient (Wildman–Crippen LogP) is 2.25. The maximum absolute atomic E-state index is 11.8. The Balaban J connectivity index is 2.58. The lowest BCUT2D eigenvalue weighted by Gasteiger charge is -2.21. The maximum atomic E-state index is 11.8. The molecule has 0 radical (unpaired) electrons. The van der Waals surface area contributed by atoms with Crippen LogP contribution in [0, 0.1) is 0 Å². The average molecular weight is 292 g/mol. The van der Waals surface area contributed by atoms with E-state index in [0.29, 0.717) is 6.54 Å². The summed E-state index contributed by atoms with van der Waals surface area (Å²) in [5, 5.41) is 6.21. The first-order valence-corrected chi connectivity index (χ1v) is 7.75. The molecule has 2 N–H and O–H groups in total. The van der Waals surface area contributed by atoms with Crippen LogP contribution in [0.1, 0.15) is 39.7 Å². The van der Waals surface area contributed by atoms with Gasteiger partial charge in [0, 0.05) is 25.3 Å². The van der Waals surface area contributed by atoms with E-state index in [-0.39, 0.29) is 11.9 Å². The van der Waals surface area contributed by atoms with Gasteiger partial charge < -0.3 is 10.6 Å². The van der Waals surface area contributed by atoms with Crippen molar-refractivity contribution in [1.82, 2.24) is 15.2 Å². The standard InChI is InChI=1S/C16H28N4O/c1-5-8-17-15-10-14(7-9-18-15)11-20(6-2)12-16(21)19-13(3)4/h7,9-10,13H,5-6,8,11-12H2,1-4H3,(H,17,18)(H,19,21). The van der Waals surface area contributed by atoms with E-state index in [4.69, 9.17) is 0 Å². The number of anilines is 1. The van der Waals surface area contributed by atoms with Crippen LogP contribution in [0.2, 0.25) is 0 Å². The van der Waals surface area contributed by atoms with E-state index in [2.05, 4.69) is 40.4 Å². The summed E-state index contributed by atoms with van der Waals surface area (Å²) in [4.78, 5) is 18.3. The van der Waals surface area contributed by atoms with Crippen molar-refractivity contribution in [3.63, 3.8) is 0 Å². The molecule has 1 rings (SSSR count). The van der Waals surface area contributed by atoms with Crippen molar-refractivity contribution in [2.24, 2.45) is 0 Å². The van der Waals surface area contributed by atoms with Crippen LogP contribution in [0.25, 0.3) is 0 Å². The van der Waals surface area contributed by atoms with Crippen LogP contribution in [0.3, 0.4) is 0 Å². The van der Waals surface area contributed by atoms with Gasteiger partial charge in [0.25, 0.3) is 0 Å². The molecule has 0 bridgehead atoms. The molecule has 0 aromatic carbocycles. The molecule has 0 atom stereocenters. The van der Waals surface area contributed by atoms with Crippen LogP contribution in [-0.2, 0) is 11.3 Å². The average Bonchev–Trinajstić information content (AvgIpc) is 2.44. The first-order valence-electron chi connectivity index (χ1n) is 7.75. The van der Waals surface area contributed by atoms with Crippen LogP contribution in [0.5, 0.6) is 0 Å². The van der Waals surface area contributed by atoms with E-state index in [1.54, 1.807) is 0 Å². The molecule has 0 spiro atoms. The summed E-state index contributed by atoms with van der Waals surface area (Å²) in [5.74, 6) is 0.974. The molecular formula is C16H28N4O. The zero-order valence-electron chi connectivity index (χ0n) is 13.6. The van der Waals surface area contributed by atoms with Gasteiger partial charge in [-0.1, -0.05) is 13.8 Å². The summed E-state index contributed by atoms with van der Waals surface area (Å²) in [6, 6.07) is 4.24. The number of rotatable bonds is 9. The van der Waals surface area contributed by atoms with Gasteiger partial charge in [0.15, 0.2) is 0 Å². The summed E-state index contributed by atoms with van der Waals surface area (Å²) >= 11 is 0. The van der Waals surface area contributed by atoms with Crippen molar-refractivity contribution in [3.05, 3.63) is 23.9 Å². The van der Waals surface area contributed by atoms with Crippen molar-refractivity contribution in [2.75, 3.05) is 25.0 Å². The number of hydrogen-bond donors (Lipinski definition) is 2. The Bertz CT molecular complexity index is 434. The number of nitrogens with zero attached hydrogens (tertiary/aromatic N) is 2. The zero-order valence-corrected chi connectivity index (χ0v) is 13.6. The van der Waals surface area contributed by atoms with E-state index < -0.39 is 0 Å². The Morgan fingerprint density at radius 3 is 2.76 bits per heavy atom. The van der Waals surface area contributed by atoms with Gasteiger partial charge in [-0.05, 0) is 44.5 Å². The van der Waals surface area contributed by atoms with Crippen LogP contribution >= 0.6 is 0 Å². The molecule has 0 saturated heterocycles. The van der Waals surface area contributed by atoms with Crippen molar-refractivity contribution in [3.8, 4) is 0 Å². The molecule has 21 heavy (non-hydrogen) atoms. The zero-order chi connectivity index (χ0) is 15.7. The highest BCUT2D eigenvalue weighted by Crippen LogP contribution is 2.09. The second-order valence-corrected chi connectivity index (χ2v) is 5.50. The number of amides is 1. The fourth-order valence-electron chi connectivity index (χ4n) is 2.03. The number of carbonyl (C=O) groups excluding carboxylic acids is 1. The second-order valence-electron chi connectivity index (χ2n) is 5.50.